The summed E-state index contributed by atoms with van der Waals surface area (Å²) in [7, 11) is 1.50. The number of rotatable bonds is 4. The molecule has 2 aliphatic heterocycles. The summed E-state index contributed by atoms with van der Waals surface area (Å²) in [5.41, 5.74) is 3.34. The number of carbonyl (C=O) groups is 2. The fourth-order valence-corrected chi connectivity index (χ4v) is 4.01. The Bertz CT molecular complexity index is 1380. The second-order valence-electron chi connectivity index (χ2n) is 7.42. The van der Waals surface area contributed by atoms with Crippen molar-refractivity contribution in [2.24, 2.45) is 5.16 Å². The van der Waals surface area contributed by atoms with Gasteiger partial charge in [0, 0.05) is 29.1 Å². The summed E-state index contributed by atoms with van der Waals surface area (Å²) in [5.74, 6) is -1.10. The summed E-state index contributed by atoms with van der Waals surface area (Å²) < 4.78 is 6.47. The number of esters is 1. The lowest BCUT2D eigenvalue weighted by atomic mass is 9.99. The van der Waals surface area contributed by atoms with E-state index >= 15 is 0 Å². The lowest BCUT2D eigenvalue weighted by Gasteiger charge is -2.21. The van der Waals surface area contributed by atoms with Crippen molar-refractivity contribution >= 4 is 29.0 Å². The van der Waals surface area contributed by atoms with Gasteiger partial charge in [0.25, 0.3) is 11.5 Å². The van der Waals surface area contributed by atoms with Gasteiger partial charge in [-0.25, -0.2) is 9.78 Å². The van der Waals surface area contributed by atoms with Gasteiger partial charge < -0.3 is 24.6 Å². The van der Waals surface area contributed by atoms with E-state index in [1.54, 1.807) is 10.6 Å². The van der Waals surface area contributed by atoms with Crippen molar-refractivity contribution in [2.45, 2.75) is 19.3 Å². The first-order chi connectivity index (χ1) is 15.5. The van der Waals surface area contributed by atoms with Gasteiger partial charge in [-0.3, -0.25) is 9.59 Å². The van der Waals surface area contributed by atoms with Gasteiger partial charge in [-0.2, -0.15) is 0 Å². The van der Waals surface area contributed by atoms with Crippen molar-refractivity contribution < 1.29 is 24.3 Å². The van der Waals surface area contributed by atoms with Gasteiger partial charge in [0.2, 0.25) is 0 Å². The monoisotopic (exact) mass is 434 g/mol. The zero-order chi connectivity index (χ0) is 22.4. The Morgan fingerprint density at radius 2 is 2.19 bits per heavy atom. The molecule has 3 aromatic rings. The Kier molecular flexibility index (Phi) is 4.71. The SMILES string of the molecule is CNC(=O)CO/N=C/c1c2c(nc3ccccc13)-c1cc3c(c(=O)n1C2)COC(=O)C3O. The number of cyclic esters (lactones) is 1. The fourth-order valence-electron chi connectivity index (χ4n) is 4.01. The zero-order valence-electron chi connectivity index (χ0n) is 17.0. The van der Waals surface area contributed by atoms with E-state index in [1.165, 1.54) is 13.3 Å². The summed E-state index contributed by atoms with van der Waals surface area (Å²) in [6.07, 6.45) is -0.00890. The first kappa shape index (κ1) is 19.9. The van der Waals surface area contributed by atoms with Crippen LogP contribution in [0.15, 0.2) is 40.3 Å². The Morgan fingerprint density at radius 1 is 1.38 bits per heavy atom. The number of aliphatic hydroxyl groups excluding tert-OH is 1. The summed E-state index contributed by atoms with van der Waals surface area (Å²) in [6.45, 7) is -0.177. The van der Waals surface area contributed by atoms with E-state index in [2.05, 4.69) is 10.5 Å². The molecule has 2 N–H and O–H groups in total. The Labute approximate surface area is 181 Å². The molecule has 0 aliphatic carbocycles. The highest BCUT2D eigenvalue weighted by atomic mass is 16.6. The molecule has 0 fully saturated rings. The van der Waals surface area contributed by atoms with Gasteiger partial charge in [0.1, 0.15) is 6.61 Å². The largest absolute Gasteiger partial charge is 0.458 e. The third kappa shape index (κ3) is 3.04. The molecule has 0 saturated carbocycles. The second-order valence-corrected chi connectivity index (χ2v) is 7.42. The lowest BCUT2D eigenvalue weighted by molar-refractivity contribution is -0.157. The summed E-state index contributed by atoms with van der Waals surface area (Å²) >= 11 is 0. The predicted octanol–water partition coefficient (Wildman–Crippen LogP) is 0.612. The van der Waals surface area contributed by atoms with Crippen LogP contribution < -0.4 is 10.9 Å². The fraction of sp³-hybridized carbons (Fsp3) is 0.227. The number of nitrogens with one attached hydrogen (secondary N) is 1. The molecule has 0 saturated heterocycles. The van der Waals surface area contributed by atoms with Gasteiger partial charge >= 0.3 is 5.97 Å². The highest BCUT2D eigenvalue weighted by Gasteiger charge is 2.34. The van der Waals surface area contributed by atoms with E-state index in [1.807, 2.05) is 24.3 Å². The third-order valence-electron chi connectivity index (χ3n) is 5.64. The Balaban J connectivity index is 1.66. The number of amides is 1. The molecule has 0 spiro atoms. The molecule has 1 atom stereocenters. The first-order valence-corrected chi connectivity index (χ1v) is 9.88. The molecule has 0 radical (unpaired) electrons. The first-order valence-electron chi connectivity index (χ1n) is 9.88. The minimum Gasteiger partial charge on any atom is -0.458 e. The summed E-state index contributed by atoms with van der Waals surface area (Å²) in [4.78, 5) is 46.1. The number of aromatic nitrogens is 2. The number of nitrogens with zero attached hydrogens (tertiary/aromatic N) is 3. The van der Waals surface area contributed by atoms with Crippen molar-refractivity contribution in [1.82, 2.24) is 14.9 Å². The van der Waals surface area contributed by atoms with Crippen LogP contribution in [0.2, 0.25) is 0 Å². The van der Waals surface area contributed by atoms with Crippen molar-refractivity contribution in [2.75, 3.05) is 13.7 Å². The molecular formula is C22H18N4O6. The van der Waals surface area contributed by atoms with E-state index in [0.29, 0.717) is 22.5 Å². The lowest BCUT2D eigenvalue weighted by Crippen LogP contribution is -2.32. The van der Waals surface area contributed by atoms with Crippen LogP contribution in [0.5, 0.6) is 0 Å². The van der Waals surface area contributed by atoms with Crippen molar-refractivity contribution in [3.63, 3.8) is 0 Å². The van der Waals surface area contributed by atoms with Gasteiger partial charge in [-0.1, -0.05) is 23.4 Å². The smallest absolute Gasteiger partial charge is 0.340 e. The van der Waals surface area contributed by atoms with E-state index in [0.717, 1.165) is 10.9 Å². The van der Waals surface area contributed by atoms with Gasteiger partial charge in [-0.15, -0.1) is 0 Å². The predicted molar refractivity (Wildman–Crippen MR) is 113 cm³/mol. The highest BCUT2D eigenvalue weighted by molar-refractivity contribution is 6.02. The van der Waals surface area contributed by atoms with Crippen molar-refractivity contribution in [3.05, 3.63) is 62.9 Å². The number of likely N-dealkylation sites (N-methyl/N-ethyl adjacent to an activating group) is 1. The molecule has 0 bridgehead atoms. The summed E-state index contributed by atoms with van der Waals surface area (Å²) in [5, 5.41) is 17.4. The van der Waals surface area contributed by atoms with E-state index in [4.69, 9.17) is 14.6 Å². The van der Waals surface area contributed by atoms with Crippen LogP contribution in [0, 0.1) is 0 Å². The summed E-state index contributed by atoms with van der Waals surface area (Å²) in [6, 6.07) is 9.06. The number of carbonyl (C=O) groups excluding carboxylic acids is 2. The Hall–Kier alpha value is -4.05. The number of hydrogen-bond acceptors (Lipinski definition) is 8. The van der Waals surface area contributed by atoms with Gasteiger partial charge in [-0.05, 0) is 12.1 Å². The van der Waals surface area contributed by atoms with Crippen molar-refractivity contribution in [1.29, 1.82) is 0 Å². The third-order valence-corrected chi connectivity index (χ3v) is 5.64. The van der Waals surface area contributed by atoms with Crippen LogP contribution in [0.3, 0.4) is 0 Å². The topological polar surface area (TPSA) is 132 Å². The molecule has 10 heteroatoms. The number of fused-ring (bicyclic) bond motifs is 5. The normalized spacial score (nSPS) is 16.4. The quantitative estimate of drug-likeness (QED) is 0.273. The number of hydrogen-bond donors (Lipinski definition) is 2. The second kappa shape index (κ2) is 7.57. The van der Waals surface area contributed by atoms with Crippen LogP contribution in [0.25, 0.3) is 22.3 Å². The van der Waals surface area contributed by atoms with Crippen LogP contribution in [0.4, 0.5) is 0 Å². The maximum atomic E-state index is 13.1. The molecule has 4 heterocycles. The number of para-hydroxylation sites is 1. The molecule has 2 aromatic heterocycles. The molecular weight excluding hydrogens is 416 g/mol. The molecule has 162 valence electrons. The number of pyridine rings is 2. The van der Waals surface area contributed by atoms with E-state index in [-0.39, 0.29) is 42.4 Å². The molecule has 1 amide bonds. The molecule has 1 aromatic carbocycles. The molecule has 32 heavy (non-hydrogen) atoms. The molecule has 2 aliphatic rings. The van der Waals surface area contributed by atoms with Crippen LogP contribution in [-0.4, -0.2) is 46.4 Å². The highest BCUT2D eigenvalue weighted by Crippen LogP contribution is 2.37. The Morgan fingerprint density at radius 3 is 3.00 bits per heavy atom. The van der Waals surface area contributed by atoms with Crippen LogP contribution in [-0.2, 0) is 32.3 Å². The van der Waals surface area contributed by atoms with E-state index < -0.39 is 12.1 Å². The minimum atomic E-state index is -1.51. The standard InChI is InChI=1S/C22H18N4O6/c1-23-18(27)10-32-24-7-13-11-4-2-3-5-16(11)25-19-14(13)8-26-17(19)6-12-15(21(26)29)9-31-22(30)20(12)28/h2-7,20,28H,8-10H2,1H3,(H,23,27)/b24-7+. The van der Waals surface area contributed by atoms with Gasteiger partial charge in [0.05, 0.1) is 35.2 Å². The number of aliphatic hydroxyl groups is 1. The van der Waals surface area contributed by atoms with Crippen molar-refractivity contribution in [3.8, 4) is 11.4 Å². The molecule has 1 unspecified atom stereocenters. The van der Waals surface area contributed by atoms with Crippen LogP contribution in [0.1, 0.15) is 28.4 Å². The number of benzene rings is 1. The zero-order valence-corrected chi connectivity index (χ0v) is 17.0. The maximum Gasteiger partial charge on any atom is 0.340 e. The number of oxime groups is 1. The minimum absolute atomic E-state index is 0.183. The van der Waals surface area contributed by atoms with Crippen LogP contribution >= 0.6 is 0 Å². The van der Waals surface area contributed by atoms with E-state index in [9.17, 15) is 19.5 Å². The average molecular weight is 434 g/mol. The maximum absolute atomic E-state index is 13.1. The molecule has 10 nitrogen and oxygen atoms in total. The van der Waals surface area contributed by atoms with Gasteiger partial charge in [0.15, 0.2) is 12.7 Å². The average Bonchev–Trinajstić information content (AvgIpc) is 3.17. The number of ether oxygens (including phenoxy) is 1. The molecule has 5 rings (SSSR count).